The zero-order valence-corrected chi connectivity index (χ0v) is 11.7. The molecule has 0 aliphatic heterocycles. The lowest BCUT2D eigenvalue weighted by Crippen LogP contribution is -1.80. The summed E-state index contributed by atoms with van der Waals surface area (Å²) in [6, 6.07) is 6.13. The molecule has 2 aromatic rings. The Morgan fingerprint density at radius 1 is 1.36 bits per heavy atom. The number of aromatic nitrogens is 1. The molecule has 0 amide bonds. The second-order valence-corrected chi connectivity index (χ2v) is 6.48. The van der Waals surface area contributed by atoms with Crippen molar-refractivity contribution in [3.8, 4) is 0 Å². The molecule has 0 saturated heterocycles. The van der Waals surface area contributed by atoms with E-state index in [1.165, 1.54) is 4.21 Å². The van der Waals surface area contributed by atoms with Crippen LogP contribution in [-0.4, -0.2) is 4.98 Å². The lowest BCUT2D eigenvalue weighted by Gasteiger charge is -2.00. The van der Waals surface area contributed by atoms with Gasteiger partial charge in [-0.15, -0.1) is 11.3 Å². The Hall–Kier alpha value is 0.160. The molecule has 0 aromatic carbocycles. The molecular formula is C9H5Br2NS2. The average molecular weight is 351 g/mol. The highest BCUT2D eigenvalue weighted by Gasteiger charge is 2.04. The van der Waals surface area contributed by atoms with Gasteiger partial charge in [-0.1, -0.05) is 17.8 Å². The third-order valence-electron chi connectivity index (χ3n) is 1.47. The van der Waals surface area contributed by atoms with Gasteiger partial charge in [-0.05, 0) is 49.4 Å². The normalized spacial score (nSPS) is 10.4. The van der Waals surface area contributed by atoms with E-state index in [1.54, 1.807) is 29.3 Å². The molecule has 14 heavy (non-hydrogen) atoms. The van der Waals surface area contributed by atoms with Crippen LogP contribution in [0.5, 0.6) is 0 Å². The molecule has 0 aliphatic carbocycles. The molecule has 0 saturated carbocycles. The minimum atomic E-state index is 0.986. The summed E-state index contributed by atoms with van der Waals surface area (Å²) in [5, 5.41) is 3.06. The van der Waals surface area contributed by atoms with E-state index >= 15 is 0 Å². The number of hydrogen-bond donors (Lipinski definition) is 0. The maximum atomic E-state index is 4.33. The molecule has 1 nitrogen and oxygen atoms in total. The van der Waals surface area contributed by atoms with Gasteiger partial charge in [0, 0.05) is 10.7 Å². The van der Waals surface area contributed by atoms with Crippen LogP contribution in [0.25, 0.3) is 0 Å². The number of halogens is 2. The third-order valence-corrected chi connectivity index (χ3v) is 4.82. The molecule has 72 valence electrons. The van der Waals surface area contributed by atoms with Crippen molar-refractivity contribution in [2.24, 2.45) is 0 Å². The fraction of sp³-hybridized carbons (Fsp3) is 0. The summed E-state index contributed by atoms with van der Waals surface area (Å²) >= 11 is 10.2. The van der Waals surface area contributed by atoms with Crippen molar-refractivity contribution in [1.82, 2.24) is 4.98 Å². The summed E-state index contributed by atoms with van der Waals surface area (Å²) in [4.78, 5) is 4.33. The summed E-state index contributed by atoms with van der Waals surface area (Å²) in [6.07, 6.45) is 1.81. The Labute approximate surface area is 107 Å². The summed E-state index contributed by atoms with van der Waals surface area (Å²) in [5.41, 5.74) is 0. The van der Waals surface area contributed by atoms with Crippen LogP contribution >= 0.6 is 55.0 Å². The molecule has 0 fully saturated rings. The van der Waals surface area contributed by atoms with Crippen LogP contribution in [0.4, 0.5) is 0 Å². The van der Waals surface area contributed by atoms with Crippen LogP contribution in [0.3, 0.4) is 0 Å². The van der Waals surface area contributed by atoms with Crippen LogP contribution in [0.1, 0.15) is 0 Å². The average Bonchev–Trinajstić information content (AvgIpc) is 2.62. The van der Waals surface area contributed by atoms with Crippen molar-refractivity contribution < 1.29 is 0 Å². The summed E-state index contributed by atoms with van der Waals surface area (Å²) in [5.74, 6) is 0. The van der Waals surface area contributed by atoms with Crippen LogP contribution in [0, 0.1) is 0 Å². The van der Waals surface area contributed by atoms with E-state index in [4.69, 9.17) is 0 Å². The largest absolute Gasteiger partial charge is 0.247 e. The molecule has 0 radical (unpaired) electrons. The Morgan fingerprint density at radius 3 is 2.86 bits per heavy atom. The van der Waals surface area contributed by atoms with E-state index in [9.17, 15) is 0 Å². The SMILES string of the molecule is Brc1cnc(Sc2cccs2)c(Br)c1. The molecule has 2 heterocycles. The molecule has 0 aliphatic rings. The lowest BCUT2D eigenvalue weighted by atomic mass is 10.5. The van der Waals surface area contributed by atoms with Crippen molar-refractivity contribution in [3.63, 3.8) is 0 Å². The summed E-state index contributed by atoms with van der Waals surface area (Å²) in [6.45, 7) is 0. The van der Waals surface area contributed by atoms with Crippen molar-refractivity contribution in [2.45, 2.75) is 9.24 Å². The topological polar surface area (TPSA) is 12.9 Å². The number of thiophene rings is 1. The third kappa shape index (κ3) is 2.59. The smallest absolute Gasteiger partial charge is 0.116 e. The second kappa shape index (κ2) is 4.79. The number of nitrogens with zero attached hydrogens (tertiary/aromatic N) is 1. The highest BCUT2D eigenvalue weighted by Crippen LogP contribution is 2.35. The van der Waals surface area contributed by atoms with Gasteiger partial charge in [0.25, 0.3) is 0 Å². The minimum Gasteiger partial charge on any atom is -0.247 e. The molecule has 2 aromatic heterocycles. The molecular weight excluding hydrogens is 346 g/mol. The van der Waals surface area contributed by atoms with Crippen molar-refractivity contribution >= 4 is 55.0 Å². The highest BCUT2D eigenvalue weighted by atomic mass is 79.9. The first-order valence-corrected chi connectivity index (χ1v) is 7.06. The maximum absolute atomic E-state index is 4.33. The fourth-order valence-electron chi connectivity index (χ4n) is 0.894. The fourth-order valence-corrected chi connectivity index (χ4v) is 3.77. The van der Waals surface area contributed by atoms with E-state index in [-0.39, 0.29) is 0 Å². The standard InChI is InChI=1S/C9H5Br2NS2/c10-6-4-7(11)9(12-5-6)14-8-2-1-3-13-8/h1-5H. The lowest BCUT2D eigenvalue weighted by molar-refractivity contribution is 1.10. The van der Waals surface area contributed by atoms with E-state index in [1.807, 2.05) is 12.1 Å². The quantitative estimate of drug-likeness (QED) is 0.770. The molecule has 0 N–H and O–H groups in total. The van der Waals surface area contributed by atoms with Crippen molar-refractivity contribution in [2.75, 3.05) is 0 Å². The van der Waals surface area contributed by atoms with E-state index in [0.29, 0.717) is 0 Å². The molecule has 0 unspecified atom stereocenters. The van der Waals surface area contributed by atoms with Crippen LogP contribution in [0.2, 0.25) is 0 Å². The monoisotopic (exact) mass is 349 g/mol. The van der Waals surface area contributed by atoms with Crippen LogP contribution in [0.15, 0.2) is 48.0 Å². The molecule has 0 bridgehead atoms. The van der Waals surface area contributed by atoms with Gasteiger partial charge in [0.05, 0.1) is 8.68 Å². The predicted octanol–water partition coefficient (Wildman–Crippen LogP) is 4.82. The predicted molar refractivity (Wildman–Crippen MR) is 68.1 cm³/mol. The van der Waals surface area contributed by atoms with E-state index < -0.39 is 0 Å². The van der Waals surface area contributed by atoms with Gasteiger partial charge in [0.2, 0.25) is 0 Å². The number of pyridine rings is 1. The van der Waals surface area contributed by atoms with Gasteiger partial charge >= 0.3 is 0 Å². The second-order valence-electron chi connectivity index (χ2n) is 2.47. The van der Waals surface area contributed by atoms with Gasteiger partial charge in [0.1, 0.15) is 5.03 Å². The Bertz CT molecular complexity index is 428. The minimum absolute atomic E-state index is 0.986. The molecule has 5 heteroatoms. The maximum Gasteiger partial charge on any atom is 0.116 e. The van der Waals surface area contributed by atoms with E-state index in [0.717, 1.165) is 14.0 Å². The summed E-state index contributed by atoms with van der Waals surface area (Å²) in [7, 11) is 0. The van der Waals surface area contributed by atoms with Crippen LogP contribution < -0.4 is 0 Å². The first-order chi connectivity index (χ1) is 6.75. The van der Waals surface area contributed by atoms with Crippen LogP contribution in [-0.2, 0) is 0 Å². The van der Waals surface area contributed by atoms with Gasteiger partial charge in [-0.25, -0.2) is 4.98 Å². The Kier molecular flexibility index (Phi) is 3.65. The van der Waals surface area contributed by atoms with Gasteiger partial charge in [-0.2, -0.15) is 0 Å². The Balaban J connectivity index is 2.25. The Morgan fingerprint density at radius 2 is 2.21 bits per heavy atom. The first kappa shape index (κ1) is 10.7. The van der Waals surface area contributed by atoms with Crippen molar-refractivity contribution in [3.05, 3.63) is 38.7 Å². The van der Waals surface area contributed by atoms with Gasteiger partial charge < -0.3 is 0 Å². The van der Waals surface area contributed by atoms with Crippen molar-refractivity contribution in [1.29, 1.82) is 0 Å². The van der Waals surface area contributed by atoms with E-state index in [2.05, 4.69) is 48.3 Å². The highest BCUT2D eigenvalue weighted by molar-refractivity contribution is 9.11. The van der Waals surface area contributed by atoms with Gasteiger partial charge in [0.15, 0.2) is 0 Å². The number of rotatable bonds is 2. The number of hydrogen-bond acceptors (Lipinski definition) is 3. The zero-order valence-electron chi connectivity index (χ0n) is 6.91. The first-order valence-electron chi connectivity index (χ1n) is 3.78. The zero-order chi connectivity index (χ0) is 9.97. The molecule has 0 spiro atoms. The van der Waals surface area contributed by atoms with Gasteiger partial charge in [-0.3, -0.25) is 0 Å². The summed E-state index contributed by atoms with van der Waals surface area (Å²) < 4.78 is 3.26. The molecule has 2 rings (SSSR count). The molecule has 0 atom stereocenters.